The molecule has 0 spiro atoms. The second kappa shape index (κ2) is 11.9. The average molecular weight is 506 g/mol. The van der Waals surface area contributed by atoms with Gasteiger partial charge in [-0.25, -0.2) is 9.67 Å². The number of aliphatic imine (C=N–C) groups is 1. The van der Waals surface area contributed by atoms with Crippen molar-refractivity contribution >= 4 is 29.9 Å². The zero-order chi connectivity index (χ0) is 19.1. The molecular formula is C18H35IN8O. The number of nitrogens with one attached hydrogen (secondary N) is 2. The summed E-state index contributed by atoms with van der Waals surface area (Å²) >= 11 is 0. The van der Waals surface area contributed by atoms with Crippen molar-refractivity contribution in [3.05, 3.63) is 11.6 Å². The van der Waals surface area contributed by atoms with E-state index in [0.717, 1.165) is 63.2 Å². The highest BCUT2D eigenvalue weighted by Crippen LogP contribution is 2.13. The molecule has 2 N–H and O–H groups in total. The van der Waals surface area contributed by atoms with E-state index in [-0.39, 0.29) is 24.0 Å². The van der Waals surface area contributed by atoms with Gasteiger partial charge in [-0.3, -0.25) is 4.99 Å². The lowest BCUT2D eigenvalue weighted by Gasteiger charge is -2.26. The molecular weight excluding hydrogens is 471 g/mol. The molecule has 0 bridgehead atoms. The van der Waals surface area contributed by atoms with Gasteiger partial charge in [0.15, 0.2) is 11.8 Å². The highest BCUT2D eigenvalue weighted by atomic mass is 127. The van der Waals surface area contributed by atoms with E-state index in [1.54, 1.807) is 7.11 Å². The Hall–Kier alpha value is -0.980. The van der Waals surface area contributed by atoms with Crippen molar-refractivity contribution in [1.82, 2.24) is 35.2 Å². The minimum Gasteiger partial charge on any atom is -0.377 e. The number of fused-ring (bicyclic) bond motifs is 1. The summed E-state index contributed by atoms with van der Waals surface area (Å²) < 4.78 is 7.13. The van der Waals surface area contributed by atoms with Crippen LogP contribution in [0.25, 0.3) is 0 Å². The molecule has 1 saturated heterocycles. The minimum atomic E-state index is 0. The van der Waals surface area contributed by atoms with Crippen LogP contribution in [0.2, 0.25) is 0 Å². The van der Waals surface area contributed by atoms with E-state index in [0.29, 0.717) is 12.6 Å². The zero-order valence-electron chi connectivity index (χ0n) is 17.4. The summed E-state index contributed by atoms with van der Waals surface area (Å²) in [5, 5.41) is 11.5. The van der Waals surface area contributed by atoms with E-state index < -0.39 is 0 Å². The molecule has 10 heteroatoms. The molecule has 1 unspecified atom stereocenters. The Balaban J connectivity index is 0.00000280. The summed E-state index contributed by atoms with van der Waals surface area (Å²) in [5.41, 5.74) is 0. The normalized spacial score (nSPS) is 21.5. The van der Waals surface area contributed by atoms with Crippen LogP contribution >= 0.6 is 24.0 Å². The molecule has 1 fully saturated rings. The van der Waals surface area contributed by atoms with Gasteiger partial charge in [0.25, 0.3) is 0 Å². The molecule has 1 aromatic heterocycles. The summed E-state index contributed by atoms with van der Waals surface area (Å²) in [6.45, 7) is 7.91. The molecule has 0 saturated carbocycles. The van der Waals surface area contributed by atoms with E-state index in [1.807, 2.05) is 11.7 Å². The van der Waals surface area contributed by atoms with Crippen molar-refractivity contribution in [3.63, 3.8) is 0 Å². The Morgan fingerprint density at radius 1 is 1.29 bits per heavy atom. The van der Waals surface area contributed by atoms with Gasteiger partial charge in [0, 0.05) is 52.8 Å². The summed E-state index contributed by atoms with van der Waals surface area (Å²) in [5.74, 6) is 2.68. The van der Waals surface area contributed by atoms with E-state index >= 15 is 0 Å². The fourth-order valence-electron chi connectivity index (χ4n) is 3.71. The molecule has 160 valence electrons. The predicted octanol–water partition coefficient (Wildman–Crippen LogP) is 0.160. The van der Waals surface area contributed by atoms with Crippen LogP contribution in [0.15, 0.2) is 4.99 Å². The third-order valence-corrected chi connectivity index (χ3v) is 5.27. The maximum Gasteiger partial charge on any atom is 0.191 e. The molecule has 0 amide bonds. The lowest BCUT2D eigenvalue weighted by molar-refractivity contribution is 0.177. The molecule has 3 heterocycles. The van der Waals surface area contributed by atoms with Gasteiger partial charge < -0.3 is 25.2 Å². The number of guanidine groups is 1. The van der Waals surface area contributed by atoms with Gasteiger partial charge in [-0.2, -0.15) is 5.10 Å². The van der Waals surface area contributed by atoms with Gasteiger partial charge >= 0.3 is 0 Å². The highest BCUT2D eigenvalue weighted by molar-refractivity contribution is 14.0. The van der Waals surface area contributed by atoms with Crippen LogP contribution in [0.5, 0.6) is 0 Å². The van der Waals surface area contributed by atoms with Gasteiger partial charge in [-0.1, -0.05) is 0 Å². The molecule has 28 heavy (non-hydrogen) atoms. The number of aryl methyl sites for hydroxylation is 1. The second-order valence-electron chi connectivity index (χ2n) is 7.44. The van der Waals surface area contributed by atoms with Gasteiger partial charge in [0.1, 0.15) is 12.4 Å². The first-order valence-corrected chi connectivity index (χ1v) is 9.97. The Morgan fingerprint density at radius 3 is 2.93 bits per heavy atom. The van der Waals surface area contributed by atoms with Crippen molar-refractivity contribution < 1.29 is 4.74 Å². The summed E-state index contributed by atoms with van der Waals surface area (Å²) in [6, 6.07) is 0.313. The van der Waals surface area contributed by atoms with Crippen LogP contribution < -0.4 is 10.6 Å². The lowest BCUT2D eigenvalue weighted by Crippen LogP contribution is -2.48. The first-order valence-electron chi connectivity index (χ1n) is 9.97. The van der Waals surface area contributed by atoms with Crippen molar-refractivity contribution in [1.29, 1.82) is 0 Å². The molecule has 3 rings (SSSR count). The number of nitrogens with zero attached hydrogens (tertiary/aromatic N) is 6. The third kappa shape index (κ3) is 6.82. The Bertz CT molecular complexity index is 623. The number of likely N-dealkylation sites (N-methyl/N-ethyl adjacent to an activating group) is 1. The van der Waals surface area contributed by atoms with Crippen molar-refractivity contribution in [2.45, 2.75) is 38.5 Å². The number of hydrogen-bond acceptors (Lipinski definition) is 6. The number of methoxy groups -OCH3 is 1. The highest BCUT2D eigenvalue weighted by Gasteiger charge is 2.22. The first-order chi connectivity index (χ1) is 13.2. The number of rotatable bonds is 6. The van der Waals surface area contributed by atoms with E-state index in [9.17, 15) is 0 Å². The minimum absolute atomic E-state index is 0. The summed E-state index contributed by atoms with van der Waals surface area (Å²) in [4.78, 5) is 13.9. The van der Waals surface area contributed by atoms with E-state index in [4.69, 9.17) is 4.74 Å². The Morgan fingerprint density at radius 2 is 2.14 bits per heavy atom. The van der Waals surface area contributed by atoms with Crippen LogP contribution in [-0.2, 0) is 24.3 Å². The number of aromatic nitrogens is 3. The molecule has 1 atom stereocenters. The third-order valence-electron chi connectivity index (χ3n) is 5.27. The predicted molar refractivity (Wildman–Crippen MR) is 121 cm³/mol. The summed E-state index contributed by atoms with van der Waals surface area (Å²) in [7, 11) is 5.71. The zero-order valence-corrected chi connectivity index (χ0v) is 19.7. The quantitative estimate of drug-likeness (QED) is 0.323. The van der Waals surface area contributed by atoms with Gasteiger partial charge in [0.05, 0.1) is 6.54 Å². The van der Waals surface area contributed by atoms with Crippen LogP contribution in [-0.4, -0.2) is 97.0 Å². The maximum atomic E-state index is 5.13. The fourth-order valence-corrected chi connectivity index (χ4v) is 3.71. The summed E-state index contributed by atoms with van der Waals surface area (Å²) in [6.07, 6.45) is 3.20. The molecule has 2 aliphatic rings. The van der Waals surface area contributed by atoms with Crippen LogP contribution in [0.4, 0.5) is 0 Å². The van der Waals surface area contributed by atoms with Gasteiger partial charge in [0.2, 0.25) is 0 Å². The van der Waals surface area contributed by atoms with Crippen molar-refractivity contribution in [2.75, 3.05) is 60.5 Å². The topological polar surface area (TPSA) is 82.8 Å². The largest absolute Gasteiger partial charge is 0.377 e. The lowest BCUT2D eigenvalue weighted by atomic mass is 10.1. The molecule has 0 aromatic carbocycles. The first kappa shape index (κ1) is 23.3. The van der Waals surface area contributed by atoms with Crippen LogP contribution in [0.3, 0.4) is 0 Å². The molecule has 0 radical (unpaired) electrons. The Labute approximate surface area is 185 Å². The van der Waals surface area contributed by atoms with Crippen LogP contribution in [0, 0.1) is 0 Å². The number of hydrogen-bond donors (Lipinski definition) is 2. The fraction of sp³-hybridized carbons (Fsp3) is 0.833. The van der Waals surface area contributed by atoms with E-state index in [2.05, 4.69) is 42.6 Å². The standard InChI is InChI=1S/C18H34N8O.HI/c1-19-18(20-7-10-25-9-4-8-24(2)11-12-25)21-15-5-6-17-22-16(14-27-3)23-26(17)13-15;/h15H,4-14H2,1-3H3,(H2,19,20,21);1H. The molecule has 9 nitrogen and oxygen atoms in total. The average Bonchev–Trinajstić information content (AvgIpc) is 2.94. The smallest absolute Gasteiger partial charge is 0.191 e. The van der Waals surface area contributed by atoms with E-state index in [1.165, 1.54) is 19.5 Å². The monoisotopic (exact) mass is 506 g/mol. The second-order valence-corrected chi connectivity index (χ2v) is 7.44. The van der Waals surface area contributed by atoms with Gasteiger partial charge in [-0.05, 0) is 33.0 Å². The molecule has 1 aromatic rings. The van der Waals surface area contributed by atoms with Gasteiger partial charge in [-0.15, -0.1) is 24.0 Å². The molecule has 2 aliphatic heterocycles. The maximum absolute atomic E-state index is 5.13. The molecule has 0 aliphatic carbocycles. The van der Waals surface area contributed by atoms with Crippen molar-refractivity contribution in [3.8, 4) is 0 Å². The number of halogens is 1. The van der Waals surface area contributed by atoms with Crippen LogP contribution in [0.1, 0.15) is 24.5 Å². The SMILES string of the molecule is CN=C(NCCN1CCCN(C)CC1)NC1CCc2nc(COC)nn2C1.I. The Kier molecular flexibility index (Phi) is 9.89. The number of ether oxygens (including phenoxy) is 1. The van der Waals surface area contributed by atoms with Crippen molar-refractivity contribution in [2.24, 2.45) is 4.99 Å².